The van der Waals surface area contributed by atoms with E-state index in [0.29, 0.717) is 28.3 Å². The van der Waals surface area contributed by atoms with E-state index in [0.717, 1.165) is 11.8 Å². The number of H-pyrrole nitrogens is 1. The minimum absolute atomic E-state index is 0.161. The van der Waals surface area contributed by atoms with Crippen LogP contribution in [0.2, 0.25) is 0 Å². The first kappa shape index (κ1) is 25.0. The van der Waals surface area contributed by atoms with Crippen LogP contribution in [0.4, 0.5) is 5.69 Å². The number of rotatable bonds is 8. The highest BCUT2D eigenvalue weighted by molar-refractivity contribution is 7.92. The third-order valence-corrected chi connectivity index (χ3v) is 5.81. The van der Waals surface area contributed by atoms with Crippen molar-refractivity contribution < 1.29 is 18.3 Å². The fourth-order valence-electron chi connectivity index (χ4n) is 3.40. The molecule has 3 aromatic rings. The summed E-state index contributed by atoms with van der Waals surface area (Å²) in [6, 6.07) is 11.5. The minimum atomic E-state index is -3.37. The normalized spacial score (nSPS) is 12.1. The summed E-state index contributed by atoms with van der Waals surface area (Å²) in [6.45, 7) is 3.54. The lowest BCUT2D eigenvalue weighted by molar-refractivity contribution is 0.214. The number of benzene rings is 2. The van der Waals surface area contributed by atoms with Gasteiger partial charge in [-0.25, -0.2) is 13.2 Å². The van der Waals surface area contributed by atoms with Gasteiger partial charge in [0.2, 0.25) is 10.0 Å². The summed E-state index contributed by atoms with van der Waals surface area (Å²) in [7, 11) is -1.84. The van der Waals surface area contributed by atoms with Crippen LogP contribution >= 0.6 is 0 Å². The smallest absolute Gasteiger partial charge is 0.332 e. The Morgan fingerprint density at radius 1 is 1.12 bits per heavy atom. The standard InChI is InChI=1S/C24H27N3O6S/c1-24(2,15-28)20-14-19(27-12-11-21(29)25-23(27)30)13-17(22(20)33-3)8-5-16-6-9-18(10-7-16)26-34(4,31)32/h5-14,26,28H,15H2,1-4H3,(H,25,29,30). The largest absolute Gasteiger partial charge is 0.496 e. The molecule has 0 bridgehead atoms. The molecule has 3 N–H and O–H groups in total. The first-order chi connectivity index (χ1) is 15.9. The lowest BCUT2D eigenvalue weighted by Crippen LogP contribution is -2.28. The van der Waals surface area contributed by atoms with Crippen LogP contribution in [0.25, 0.3) is 17.8 Å². The summed E-state index contributed by atoms with van der Waals surface area (Å²) < 4.78 is 32.2. The minimum Gasteiger partial charge on any atom is -0.496 e. The van der Waals surface area contributed by atoms with Crippen LogP contribution in [0.3, 0.4) is 0 Å². The van der Waals surface area contributed by atoms with Crippen LogP contribution < -0.4 is 20.7 Å². The van der Waals surface area contributed by atoms with Crippen molar-refractivity contribution in [3.8, 4) is 11.4 Å². The molecule has 3 rings (SSSR count). The van der Waals surface area contributed by atoms with E-state index in [1.807, 2.05) is 19.9 Å². The Morgan fingerprint density at radius 3 is 2.35 bits per heavy atom. The molecule has 0 amide bonds. The van der Waals surface area contributed by atoms with Gasteiger partial charge in [0.1, 0.15) is 5.75 Å². The predicted molar refractivity (Wildman–Crippen MR) is 133 cm³/mol. The van der Waals surface area contributed by atoms with E-state index < -0.39 is 26.7 Å². The molecule has 9 nitrogen and oxygen atoms in total. The highest BCUT2D eigenvalue weighted by atomic mass is 32.2. The maximum absolute atomic E-state index is 12.4. The number of ether oxygens (including phenoxy) is 1. The molecular weight excluding hydrogens is 458 g/mol. The monoisotopic (exact) mass is 485 g/mol. The number of nitrogens with zero attached hydrogens (tertiary/aromatic N) is 1. The number of methoxy groups -OCH3 is 1. The van der Waals surface area contributed by atoms with Gasteiger partial charge in [-0.05, 0) is 29.8 Å². The number of hydrogen-bond donors (Lipinski definition) is 3. The van der Waals surface area contributed by atoms with Crippen LogP contribution in [-0.4, -0.2) is 43.0 Å². The van der Waals surface area contributed by atoms with E-state index in [1.54, 1.807) is 42.5 Å². The molecule has 10 heteroatoms. The first-order valence-electron chi connectivity index (χ1n) is 10.4. The van der Waals surface area contributed by atoms with Gasteiger partial charge < -0.3 is 9.84 Å². The van der Waals surface area contributed by atoms with Crippen LogP contribution in [0.5, 0.6) is 5.75 Å². The SMILES string of the molecule is COc1c(C=Cc2ccc(NS(C)(=O)=O)cc2)cc(-n2ccc(=O)[nH]c2=O)cc1C(C)(C)CO. The average Bonchev–Trinajstić information content (AvgIpc) is 2.77. The maximum Gasteiger partial charge on any atom is 0.332 e. The van der Waals surface area contributed by atoms with Crippen molar-refractivity contribution in [3.63, 3.8) is 0 Å². The quantitative estimate of drug-likeness (QED) is 0.420. The second-order valence-corrected chi connectivity index (χ2v) is 10.2. The van der Waals surface area contributed by atoms with Gasteiger partial charge in [-0.15, -0.1) is 0 Å². The number of aliphatic hydroxyl groups excluding tert-OH is 1. The molecular formula is C24H27N3O6S. The van der Waals surface area contributed by atoms with Crippen LogP contribution in [0.1, 0.15) is 30.5 Å². The van der Waals surface area contributed by atoms with Gasteiger partial charge in [0.15, 0.2) is 0 Å². The maximum atomic E-state index is 12.4. The number of hydrogen-bond acceptors (Lipinski definition) is 6. The number of sulfonamides is 1. The van der Waals surface area contributed by atoms with Gasteiger partial charge in [-0.2, -0.15) is 0 Å². The summed E-state index contributed by atoms with van der Waals surface area (Å²) in [5.41, 5.74) is 1.29. The Balaban J connectivity index is 2.12. The van der Waals surface area contributed by atoms with Crippen LogP contribution in [0.15, 0.2) is 58.3 Å². The number of nitrogens with one attached hydrogen (secondary N) is 2. The number of aromatic amines is 1. The fourth-order valence-corrected chi connectivity index (χ4v) is 3.96. The molecule has 0 aliphatic heterocycles. The molecule has 0 atom stereocenters. The third kappa shape index (κ3) is 5.83. The summed E-state index contributed by atoms with van der Waals surface area (Å²) in [5.74, 6) is 0.534. The second-order valence-electron chi connectivity index (χ2n) is 8.47. The topological polar surface area (TPSA) is 130 Å². The molecule has 0 saturated heterocycles. The van der Waals surface area contributed by atoms with Crippen LogP contribution in [-0.2, 0) is 15.4 Å². The third-order valence-electron chi connectivity index (χ3n) is 5.20. The van der Waals surface area contributed by atoms with Crippen molar-refractivity contribution in [2.45, 2.75) is 19.3 Å². The Hall–Kier alpha value is -3.63. The fraction of sp³-hybridized carbons (Fsp3) is 0.250. The molecule has 0 fully saturated rings. The van der Waals surface area contributed by atoms with Crippen molar-refractivity contribution >= 4 is 27.9 Å². The van der Waals surface area contributed by atoms with Gasteiger partial charge in [-0.3, -0.25) is 19.1 Å². The molecule has 0 radical (unpaired) electrons. The van der Waals surface area contributed by atoms with Crippen molar-refractivity contribution in [3.05, 3.63) is 86.2 Å². The van der Waals surface area contributed by atoms with Crippen molar-refractivity contribution in [1.82, 2.24) is 9.55 Å². The summed E-state index contributed by atoms with van der Waals surface area (Å²) in [5, 5.41) is 9.99. The molecule has 0 unspecified atom stereocenters. The average molecular weight is 486 g/mol. The summed E-state index contributed by atoms with van der Waals surface area (Å²) in [4.78, 5) is 26.2. The van der Waals surface area contributed by atoms with Crippen molar-refractivity contribution in [2.24, 2.45) is 0 Å². The Morgan fingerprint density at radius 2 is 1.79 bits per heavy atom. The Labute approximate surface area is 197 Å². The predicted octanol–water partition coefficient (Wildman–Crippen LogP) is 2.35. The van der Waals surface area contributed by atoms with Crippen molar-refractivity contribution in [1.29, 1.82) is 0 Å². The zero-order valence-corrected chi connectivity index (χ0v) is 20.1. The van der Waals surface area contributed by atoms with E-state index in [2.05, 4.69) is 9.71 Å². The van der Waals surface area contributed by atoms with Gasteiger partial charge in [0.05, 0.1) is 25.7 Å². The number of anilines is 1. The highest BCUT2D eigenvalue weighted by Gasteiger charge is 2.26. The number of aliphatic hydroxyl groups is 1. The van der Waals surface area contributed by atoms with E-state index in [-0.39, 0.29) is 6.61 Å². The molecule has 2 aromatic carbocycles. The zero-order chi connectivity index (χ0) is 25.1. The van der Waals surface area contributed by atoms with E-state index in [9.17, 15) is 23.1 Å². The van der Waals surface area contributed by atoms with Gasteiger partial charge in [0, 0.05) is 34.5 Å². The van der Waals surface area contributed by atoms with E-state index in [4.69, 9.17) is 4.74 Å². The van der Waals surface area contributed by atoms with E-state index in [1.165, 1.54) is 23.9 Å². The lowest BCUT2D eigenvalue weighted by Gasteiger charge is -2.27. The van der Waals surface area contributed by atoms with Gasteiger partial charge in [-0.1, -0.05) is 38.1 Å². The molecule has 1 aromatic heterocycles. The van der Waals surface area contributed by atoms with Crippen LogP contribution in [0, 0.1) is 0 Å². The molecule has 0 aliphatic rings. The summed E-state index contributed by atoms with van der Waals surface area (Å²) >= 11 is 0. The lowest BCUT2D eigenvalue weighted by atomic mass is 9.83. The summed E-state index contributed by atoms with van der Waals surface area (Å²) in [6.07, 6.45) is 6.09. The molecule has 0 spiro atoms. The molecule has 0 aliphatic carbocycles. The highest BCUT2D eigenvalue weighted by Crippen LogP contribution is 2.37. The van der Waals surface area contributed by atoms with Gasteiger partial charge in [0.25, 0.3) is 5.56 Å². The zero-order valence-electron chi connectivity index (χ0n) is 19.3. The Bertz CT molecular complexity index is 1430. The van der Waals surface area contributed by atoms with Crippen molar-refractivity contribution in [2.75, 3.05) is 24.7 Å². The Kier molecular flexibility index (Phi) is 7.13. The van der Waals surface area contributed by atoms with E-state index >= 15 is 0 Å². The first-order valence-corrected chi connectivity index (χ1v) is 12.2. The molecule has 0 saturated carbocycles. The molecule has 180 valence electrons. The van der Waals surface area contributed by atoms with Gasteiger partial charge >= 0.3 is 5.69 Å². The molecule has 34 heavy (non-hydrogen) atoms. The molecule has 1 heterocycles. The number of aromatic nitrogens is 2. The second kappa shape index (κ2) is 9.70.